The molecular weight excluding hydrogens is 294 g/mol. The van der Waals surface area contributed by atoms with Gasteiger partial charge in [0.1, 0.15) is 0 Å². The maximum Gasteiger partial charge on any atom is 0.335 e. The first-order valence-corrected chi connectivity index (χ1v) is 6.94. The largest absolute Gasteiger partial charge is 0.478 e. The van der Waals surface area contributed by atoms with Crippen LogP contribution < -0.4 is 4.90 Å². The zero-order chi connectivity index (χ0) is 15.1. The van der Waals surface area contributed by atoms with E-state index in [0.717, 1.165) is 4.90 Å². The van der Waals surface area contributed by atoms with Crippen LogP contribution in [0.15, 0.2) is 30.4 Å². The van der Waals surface area contributed by atoms with Crippen LogP contribution in [0.3, 0.4) is 0 Å². The van der Waals surface area contributed by atoms with E-state index in [2.05, 4.69) is 0 Å². The number of carbonyl (C=O) groups is 3. The van der Waals surface area contributed by atoms with Gasteiger partial charge in [-0.25, -0.2) is 9.69 Å². The number of hydrogen-bond acceptors (Lipinski definition) is 3. The van der Waals surface area contributed by atoms with Gasteiger partial charge in [-0.1, -0.05) is 23.8 Å². The summed E-state index contributed by atoms with van der Waals surface area (Å²) in [5.74, 6) is -2.48. The van der Waals surface area contributed by atoms with Gasteiger partial charge in [-0.3, -0.25) is 9.59 Å². The molecule has 6 heteroatoms. The van der Waals surface area contributed by atoms with Crippen LogP contribution in [0.25, 0.3) is 0 Å². The van der Waals surface area contributed by atoms with Crippen LogP contribution in [0.2, 0.25) is 5.02 Å². The molecule has 0 radical (unpaired) electrons. The smallest absolute Gasteiger partial charge is 0.335 e. The Balaban J connectivity index is 2.05. The molecule has 2 amide bonds. The van der Waals surface area contributed by atoms with Crippen molar-refractivity contribution in [3.8, 4) is 0 Å². The van der Waals surface area contributed by atoms with Crippen LogP contribution in [0.4, 0.5) is 5.69 Å². The molecule has 1 aromatic carbocycles. The van der Waals surface area contributed by atoms with Crippen molar-refractivity contribution in [3.05, 3.63) is 40.9 Å². The number of benzene rings is 1. The highest BCUT2D eigenvalue weighted by Crippen LogP contribution is 2.40. The second kappa shape index (κ2) is 5.00. The van der Waals surface area contributed by atoms with Gasteiger partial charge >= 0.3 is 5.97 Å². The lowest BCUT2D eigenvalue weighted by Gasteiger charge is -2.16. The molecule has 0 saturated carbocycles. The van der Waals surface area contributed by atoms with Crippen molar-refractivity contribution < 1.29 is 19.5 Å². The SMILES string of the molecule is O=C(O)c1ccc(Cl)c(N2C(=O)C3CC=CCC3C2=O)c1. The summed E-state index contributed by atoms with van der Waals surface area (Å²) in [6.07, 6.45) is 4.85. The molecule has 108 valence electrons. The Morgan fingerprint density at radius 1 is 1.14 bits per heavy atom. The summed E-state index contributed by atoms with van der Waals surface area (Å²) in [7, 11) is 0. The predicted octanol–water partition coefficient (Wildman–Crippen LogP) is 2.49. The summed E-state index contributed by atoms with van der Waals surface area (Å²) < 4.78 is 0. The number of halogens is 1. The monoisotopic (exact) mass is 305 g/mol. The number of aromatic carboxylic acids is 1. The Morgan fingerprint density at radius 2 is 1.71 bits per heavy atom. The number of anilines is 1. The highest BCUT2D eigenvalue weighted by molar-refractivity contribution is 6.36. The Labute approximate surface area is 125 Å². The molecule has 21 heavy (non-hydrogen) atoms. The first-order chi connectivity index (χ1) is 10.0. The first-order valence-electron chi connectivity index (χ1n) is 6.56. The number of carboxylic acid groups (broad SMARTS) is 1. The van der Waals surface area contributed by atoms with Crippen molar-refractivity contribution in [1.82, 2.24) is 0 Å². The molecule has 0 bridgehead atoms. The predicted molar refractivity (Wildman–Crippen MR) is 76.3 cm³/mol. The van der Waals surface area contributed by atoms with Crippen LogP contribution in [-0.2, 0) is 9.59 Å². The molecule has 1 aliphatic carbocycles. The number of carboxylic acids is 1. The summed E-state index contributed by atoms with van der Waals surface area (Å²) in [6, 6.07) is 4.00. The molecule has 1 heterocycles. The number of rotatable bonds is 2. The van der Waals surface area contributed by atoms with Crippen molar-refractivity contribution in [2.45, 2.75) is 12.8 Å². The van der Waals surface area contributed by atoms with E-state index in [1.54, 1.807) is 0 Å². The van der Waals surface area contributed by atoms with Crippen molar-refractivity contribution in [3.63, 3.8) is 0 Å². The van der Waals surface area contributed by atoms with Gasteiger partial charge in [0, 0.05) is 0 Å². The van der Waals surface area contributed by atoms with Gasteiger partial charge in [0.25, 0.3) is 0 Å². The minimum absolute atomic E-state index is 0.0111. The molecule has 0 aromatic heterocycles. The molecule has 2 unspecified atom stereocenters. The van der Waals surface area contributed by atoms with Crippen molar-refractivity contribution >= 4 is 35.1 Å². The molecule has 1 aromatic rings. The quantitative estimate of drug-likeness (QED) is 0.673. The fraction of sp³-hybridized carbons (Fsp3) is 0.267. The van der Waals surface area contributed by atoms with Gasteiger partial charge in [-0.05, 0) is 31.0 Å². The zero-order valence-corrected chi connectivity index (χ0v) is 11.7. The lowest BCUT2D eigenvalue weighted by molar-refractivity contribution is -0.122. The van der Waals surface area contributed by atoms with E-state index in [1.165, 1.54) is 18.2 Å². The number of imide groups is 1. The second-order valence-corrected chi connectivity index (χ2v) is 5.55. The van der Waals surface area contributed by atoms with Gasteiger partial charge in [-0.15, -0.1) is 0 Å². The van der Waals surface area contributed by atoms with Gasteiger partial charge in [-0.2, -0.15) is 0 Å². The fourth-order valence-electron chi connectivity index (χ4n) is 2.85. The number of amides is 2. The lowest BCUT2D eigenvalue weighted by Crippen LogP contribution is -2.31. The molecule has 0 spiro atoms. The van der Waals surface area contributed by atoms with Crippen molar-refractivity contribution in [2.24, 2.45) is 11.8 Å². The van der Waals surface area contributed by atoms with Crippen molar-refractivity contribution in [2.75, 3.05) is 4.90 Å². The van der Waals surface area contributed by atoms with Gasteiger partial charge in [0.2, 0.25) is 11.8 Å². The molecule has 5 nitrogen and oxygen atoms in total. The Hall–Kier alpha value is -2.14. The van der Waals surface area contributed by atoms with E-state index in [0.29, 0.717) is 12.8 Å². The number of nitrogens with zero attached hydrogens (tertiary/aromatic N) is 1. The summed E-state index contributed by atoms with van der Waals surface area (Å²) in [5, 5.41) is 9.23. The van der Waals surface area contributed by atoms with Crippen LogP contribution in [0, 0.1) is 11.8 Å². The van der Waals surface area contributed by atoms with Crippen LogP contribution >= 0.6 is 11.6 Å². The van der Waals surface area contributed by atoms with Crippen LogP contribution in [-0.4, -0.2) is 22.9 Å². The van der Waals surface area contributed by atoms with E-state index >= 15 is 0 Å². The van der Waals surface area contributed by atoms with E-state index in [4.69, 9.17) is 16.7 Å². The third-order valence-corrected chi connectivity index (χ3v) is 4.26. The summed E-state index contributed by atoms with van der Waals surface area (Å²) in [5.41, 5.74) is 0.143. The lowest BCUT2D eigenvalue weighted by atomic mass is 9.85. The first kappa shape index (κ1) is 13.8. The molecule has 3 rings (SSSR count). The normalized spacial score (nSPS) is 24.3. The van der Waals surface area contributed by atoms with E-state index in [9.17, 15) is 14.4 Å². The number of fused-ring (bicyclic) bond motifs is 1. The minimum Gasteiger partial charge on any atom is -0.478 e. The third kappa shape index (κ3) is 2.14. The maximum absolute atomic E-state index is 12.4. The average Bonchev–Trinajstić information content (AvgIpc) is 2.72. The molecule has 2 atom stereocenters. The van der Waals surface area contributed by atoms with E-state index in [-0.39, 0.29) is 39.9 Å². The average molecular weight is 306 g/mol. The molecule has 1 fully saturated rings. The van der Waals surface area contributed by atoms with Gasteiger partial charge in [0.05, 0.1) is 28.1 Å². The highest BCUT2D eigenvalue weighted by atomic mass is 35.5. The third-order valence-electron chi connectivity index (χ3n) is 3.94. The Kier molecular flexibility index (Phi) is 3.29. The second-order valence-electron chi connectivity index (χ2n) is 5.14. The van der Waals surface area contributed by atoms with Gasteiger partial charge < -0.3 is 5.11 Å². The maximum atomic E-state index is 12.4. The highest BCUT2D eigenvalue weighted by Gasteiger charge is 2.48. The number of hydrogen-bond donors (Lipinski definition) is 1. The molecule has 1 N–H and O–H groups in total. The molecule has 1 aliphatic heterocycles. The fourth-order valence-corrected chi connectivity index (χ4v) is 3.06. The van der Waals surface area contributed by atoms with Gasteiger partial charge in [0.15, 0.2) is 0 Å². The Morgan fingerprint density at radius 3 is 2.24 bits per heavy atom. The summed E-state index contributed by atoms with van der Waals surface area (Å²) in [4.78, 5) is 37.0. The summed E-state index contributed by atoms with van der Waals surface area (Å²) in [6.45, 7) is 0. The molecule has 1 saturated heterocycles. The van der Waals surface area contributed by atoms with Crippen LogP contribution in [0.1, 0.15) is 23.2 Å². The summed E-state index contributed by atoms with van der Waals surface area (Å²) >= 11 is 6.05. The topological polar surface area (TPSA) is 74.7 Å². The standard InChI is InChI=1S/C15H12ClNO4/c16-11-6-5-8(15(20)21)7-12(11)17-13(18)9-3-1-2-4-10(9)14(17)19/h1-2,5-7,9-10H,3-4H2,(H,20,21). The number of carbonyl (C=O) groups excluding carboxylic acids is 2. The Bertz CT molecular complexity index is 656. The van der Waals surface area contributed by atoms with Crippen molar-refractivity contribution in [1.29, 1.82) is 0 Å². The van der Waals surface area contributed by atoms with Crippen LogP contribution in [0.5, 0.6) is 0 Å². The zero-order valence-electron chi connectivity index (χ0n) is 11.0. The minimum atomic E-state index is -1.13. The number of allylic oxidation sites excluding steroid dienone is 2. The molecule has 2 aliphatic rings. The van der Waals surface area contributed by atoms with E-state index in [1.807, 2.05) is 12.2 Å². The molecular formula is C15H12ClNO4. The van der Waals surface area contributed by atoms with E-state index < -0.39 is 5.97 Å².